The number of aromatic nitrogens is 4. The molecule has 0 bridgehead atoms. The third kappa shape index (κ3) is 3.78. The Morgan fingerprint density at radius 3 is 2.61 bits per heavy atom. The lowest BCUT2D eigenvalue weighted by atomic mass is 10.0. The Kier molecular flexibility index (Phi) is 4.93. The van der Waals surface area contributed by atoms with Crippen LogP contribution in [0.1, 0.15) is 5.56 Å². The van der Waals surface area contributed by atoms with Crippen LogP contribution < -0.4 is 10.9 Å². The fraction of sp³-hybridized carbons (Fsp3) is 0.0435. The molecule has 0 spiro atoms. The Balaban J connectivity index is 1.35. The number of anilines is 1. The second-order valence-electron chi connectivity index (χ2n) is 6.98. The van der Waals surface area contributed by atoms with Crippen molar-refractivity contribution in [2.45, 2.75) is 6.42 Å². The number of hydrazine groups is 1. The predicted octanol–water partition coefficient (Wildman–Crippen LogP) is 4.31. The molecular formula is C23H17ClN6O. The van der Waals surface area contributed by atoms with Crippen molar-refractivity contribution < 1.29 is 4.79 Å². The van der Waals surface area contributed by atoms with E-state index in [2.05, 4.69) is 25.9 Å². The molecule has 152 valence electrons. The molecule has 2 N–H and O–H groups in total. The maximum absolute atomic E-state index is 12.6. The van der Waals surface area contributed by atoms with Gasteiger partial charge in [-0.3, -0.25) is 15.6 Å². The summed E-state index contributed by atoms with van der Waals surface area (Å²) in [5, 5.41) is 7.90. The highest BCUT2D eigenvalue weighted by Gasteiger charge is 2.12. The smallest absolute Gasteiger partial charge is 0.242 e. The molecule has 0 aliphatic heterocycles. The number of nitrogens with one attached hydrogen (secondary N) is 2. The highest BCUT2D eigenvalue weighted by Crippen LogP contribution is 2.22. The van der Waals surface area contributed by atoms with Gasteiger partial charge >= 0.3 is 0 Å². The van der Waals surface area contributed by atoms with E-state index in [1.54, 1.807) is 23.0 Å². The molecule has 0 saturated heterocycles. The summed E-state index contributed by atoms with van der Waals surface area (Å²) in [6, 6.07) is 21.2. The molecule has 5 rings (SSSR count). The van der Waals surface area contributed by atoms with Crippen molar-refractivity contribution in [3.63, 3.8) is 0 Å². The van der Waals surface area contributed by atoms with Gasteiger partial charge < -0.3 is 0 Å². The van der Waals surface area contributed by atoms with Gasteiger partial charge in [-0.25, -0.2) is 14.6 Å². The van der Waals surface area contributed by atoms with Crippen molar-refractivity contribution in [1.29, 1.82) is 0 Å². The van der Waals surface area contributed by atoms with Crippen LogP contribution in [0.4, 0.5) is 5.82 Å². The van der Waals surface area contributed by atoms with Crippen molar-refractivity contribution in [2.24, 2.45) is 0 Å². The van der Waals surface area contributed by atoms with Crippen LogP contribution >= 0.6 is 11.6 Å². The van der Waals surface area contributed by atoms with Crippen LogP contribution in [-0.4, -0.2) is 25.7 Å². The number of nitrogens with zero attached hydrogens (tertiary/aromatic N) is 4. The van der Waals surface area contributed by atoms with Gasteiger partial charge in [0.05, 0.1) is 23.7 Å². The monoisotopic (exact) mass is 428 g/mol. The van der Waals surface area contributed by atoms with E-state index < -0.39 is 0 Å². The molecule has 2 heterocycles. The lowest BCUT2D eigenvalue weighted by molar-refractivity contribution is -0.119. The molecule has 8 heteroatoms. The Labute approximate surface area is 182 Å². The molecule has 0 atom stereocenters. The van der Waals surface area contributed by atoms with Gasteiger partial charge in [-0.05, 0) is 40.6 Å². The summed E-state index contributed by atoms with van der Waals surface area (Å²) in [7, 11) is 0. The van der Waals surface area contributed by atoms with Crippen LogP contribution in [0.5, 0.6) is 0 Å². The number of carbonyl (C=O) groups is 1. The summed E-state index contributed by atoms with van der Waals surface area (Å²) < 4.78 is 1.69. The molecular weight excluding hydrogens is 412 g/mol. The third-order valence-corrected chi connectivity index (χ3v) is 5.24. The van der Waals surface area contributed by atoms with Gasteiger partial charge in [0.2, 0.25) is 5.91 Å². The second-order valence-corrected chi connectivity index (χ2v) is 7.42. The summed E-state index contributed by atoms with van der Waals surface area (Å²) in [5.41, 5.74) is 8.03. The molecule has 7 nitrogen and oxygen atoms in total. The van der Waals surface area contributed by atoms with Crippen LogP contribution in [-0.2, 0) is 11.2 Å². The molecule has 3 aromatic carbocycles. The Bertz CT molecular complexity index is 1390. The minimum atomic E-state index is -0.173. The quantitative estimate of drug-likeness (QED) is 0.407. The standard InChI is InChI=1S/C23H17ClN6O/c24-17-8-10-18(11-9-17)30-23-20(13-27-30)22(25-14-26-23)29-28-21(31)12-16-6-3-5-15-4-1-2-7-19(15)16/h1-11,13-14H,12H2,(H,28,31)(H,25,26,29). The van der Waals surface area contributed by atoms with Gasteiger partial charge in [0, 0.05) is 5.02 Å². The predicted molar refractivity (Wildman–Crippen MR) is 121 cm³/mol. The van der Waals surface area contributed by atoms with E-state index >= 15 is 0 Å². The van der Waals surface area contributed by atoms with E-state index in [0.717, 1.165) is 22.0 Å². The summed E-state index contributed by atoms with van der Waals surface area (Å²) in [6.45, 7) is 0. The van der Waals surface area contributed by atoms with Gasteiger partial charge in [0.25, 0.3) is 0 Å². The summed E-state index contributed by atoms with van der Waals surface area (Å²) in [4.78, 5) is 21.2. The number of carbonyl (C=O) groups excluding carboxylic acids is 1. The van der Waals surface area contributed by atoms with Gasteiger partial charge in [0.1, 0.15) is 6.33 Å². The van der Waals surface area contributed by atoms with E-state index in [1.165, 1.54) is 6.33 Å². The van der Waals surface area contributed by atoms with Crippen molar-refractivity contribution >= 4 is 45.1 Å². The zero-order chi connectivity index (χ0) is 21.2. The van der Waals surface area contributed by atoms with E-state index in [-0.39, 0.29) is 12.3 Å². The number of hydrogen-bond acceptors (Lipinski definition) is 5. The Hall–Kier alpha value is -3.97. The fourth-order valence-corrected chi connectivity index (χ4v) is 3.63. The first-order valence-corrected chi connectivity index (χ1v) is 10.0. The van der Waals surface area contributed by atoms with Gasteiger partial charge in [-0.2, -0.15) is 5.10 Å². The third-order valence-electron chi connectivity index (χ3n) is 4.99. The van der Waals surface area contributed by atoms with Crippen molar-refractivity contribution in [2.75, 3.05) is 5.43 Å². The minimum Gasteiger partial charge on any atom is -0.281 e. The highest BCUT2D eigenvalue weighted by atomic mass is 35.5. The van der Waals surface area contributed by atoms with Crippen LogP contribution in [0.3, 0.4) is 0 Å². The molecule has 0 unspecified atom stereocenters. The first-order chi connectivity index (χ1) is 15.2. The average Bonchev–Trinajstić information content (AvgIpc) is 3.23. The minimum absolute atomic E-state index is 0.173. The van der Waals surface area contributed by atoms with Crippen LogP contribution in [0.25, 0.3) is 27.5 Å². The van der Waals surface area contributed by atoms with E-state index in [0.29, 0.717) is 21.9 Å². The van der Waals surface area contributed by atoms with Crippen molar-refractivity contribution in [3.05, 3.63) is 89.8 Å². The maximum Gasteiger partial charge on any atom is 0.242 e. The summed E-state index contributed by atoms with van der Waals surface area (Å²) in [5.74, 6) is 0.296. The van der Waals surface area contributed by atoms with E-state index in [9.17, 15) is 4.79 Å². The van der Waals surface area contributed by atoms with Crippen molar-refractivity contribution in [3.8, 4) is 5.69 Å². The van der Waals surface area contributed by atoms with Crippen molar-refractivity contribution in [1.82, 2.24) is 25.2 Å². The van der Waals surface area contributed by atoms with Crippen LogP contribution in [0, 0.1) is 0 Å². The number of fused-ring (bicyclic) bond motifs is 2. The normalized spacial score (nSPS) is 11.0. The molecule has 0 aliphatic carbocycles. The first kappa shape index (κ1) is 19.0. The SMILES string of the molecule is O=C(Cc1cccc2ccccc12)NNc1ncnc2c1cnn2-c1ccc(Cl)cc1. The number of amides is 1. The molecule has 0 fully saturated rings. The molecule has 31 heavy (non-hydrogen) atoms. The van der Waals surface area contributed by atoms with Crippen LogP contribution in [0.2, 0.25) is 5.02 Å². The molecule has 0 radical (unpaired) electrons. The Morgan fingerprint density at radius 2 is 1.74 bits per heavy atom. The molecule has 5 aromatic rings. The number of hydrogen-bond donors (Lipinski definition) is 2. The lowest BCUT2D eigenvalue weighted by Gasteiger charge is -2.10. The van der Waals surface area contributed by atoms with Crippen LogP contribution in [0.15, 0.2) is 79.3 Å². The highest BCUT2D eigenvalue weighted by molar-refractivity contribution is 6.30. The number of rotatable bonds is 5. The molecule has 0 saturated carbocycles. The molecule has 0 aliphatic rings. The number of benzene rings is 3. The lowest BCUT2D eigenvalue weighted by Crippen LogP contribution is -2.31. The number of halogens is 1. The van der Waals surface area contributed by atoms with E-state index in [1.807, 2.05) is 54.6 Å². The molecule has 2 aromatic heterocycles. The average molecular weight is 429 g/mol. The van der Waals surface area contributed by atoms with Gasteiger partial charge in [0.15, 0.2) is 11.5 Å². The summed E-state index contributed by atoms with van der Waals surface area (Å²) in [6.07, 6.45) is 3.32. The van der Waals surface area contributed by atoms with Gasteiger partial charge in [-0.1, -0.05) is 54.1 Å². The largest absolute Gasteiger partial charge is 0.281 e. The first-order valence-electron chi connectivity index (χ1n) is 9.65. The fourth-order valence-electron chi connectivity index (χ4n) is 3.51. The van der Waals surface area contributed by atoms with Gasteiger partial charge in [-0.15, -0.1) is 0 Å². The van der Waals surface area contributed by atoms with E-state index in [4.69, 9.17) is 11.6 Å². The summed E-state index contributed by atoms with van der Waals surface area (Å²) >= 11 is 5.97. The Morgan fingerprint density at radius 1 is 0.935 bits per heavy atom. The zero-order valence-corrected chi connectivity index (χ0v) is 17.0. The zero-order valence-electron chi connectivity index (χ0n) is 16.3. The molecule has 1 amide bonds. The topological polar surface area (TPSA) is 84.7 Å². The maximum atomic E-state index is 12.6. The second kappa shape index (κ2) is 8.04.